The third-order valence-electron chi connectivity index (χ3n) is 2.76. The molecule has 0 radical (unpaired) electrons. The molecule has 2 nitrogen and oxygen atoms in total. The number of hydrogen-bond acceptors (Lipinski definition) is 3. The van der Waals surface area contributed by atoms with Gasteiger partial charge in [-0.15, -0.1) is 11.8 Å². The van der Waals surface area contributed by atoms with Crippen LogP contribution in [0.3, 0.4) is 0 Å². The van der Waals surface area contributed by atoms with Gasteiger partial charge in [0.25, 0.3) is 0 Å². The molecule has 1 rings (SSSR count). The molecular formula is C14H24N2S. The predicted octanol–water partition coefficient (Wildman–Crippen LogP) is 4.51. The molecule has 17 heavy (non-hydrogen) atoms. The van der Waals surface area contributed by atoms with E-state index in [0.29, 0.717) is 0 Å². The second-order valence-electron chi connectivity index (χ2n) is 4.40. The lowest BCUT2D eigenvalue weighted by Gasteiger charge is -2.02. The summed E-state index contributed by atoms with van der Waals surface area (Å²) in [6, 6.07) is 3.92. The zero-order valence-corrected chi connectivity index (χ0v) is 11.6. The fourth-order valence-electron chi connectivity index (χ4n) is 1.71. The van der Waals surface area contributed by atoms with Gasteiger partial charge in [-0.25, -0.2) is 4.98 Å². The molecule has 2 N–H and O–H groups in total. The van der Waals surface area contributed by atoms with Gasteiger partial charge < -0.3 is 5.73 Å². The molecule has 0 amide bonds. The average Bonchev–Trinajstić information content (AvgIpc) is 2.35. The number of rotatable bonds is 9. The highest BCUT2D eigenvalue weighted by Crippen LogP contribution is 2.18. The number of unbranched alkanes of at least 4 members (excludes halogenated alkanes) is 6. The smallest absolute Gasteiger partial charge is 0.0961 e. The molecule has 0 aliphatic rings. The van der Waals surface area contributed by atoms with Gasteiger partial charge in [-0.05, 0) is 24.3 Å². The van der Waals surface area contributed by atoms with Crippen LogP contribution in [0.15, 0.2) is 23.4 Å². The average molecular weight is 252 g/mol. The molecule has 1 heterocycles. The molecule has 0 bridgehead atoms. The van der Waals surface area contributed by atoms with E-state index in [9.17, 15) is 0 Å². The third kappa shape index (κ3) is 7.27. The summed E-state index contributed by atoms with van der Waals surface area (Å²) < 4.78 is 0. The molecule has 96 valence electrons. The van der Waals surface area contributed by atoms with Crippen LogP contribution in [0.2, 0.25) is 0 Å². The highest BCUT2D eigenvalue weighted by atomic mass is 32.2. The summed E-state index contributed by atoms with van der Waals surface area (Å²) in [5.74, 6) is 1.17. The quantitative estimate of drug-likeness (QED) is 0.519. The van der Waals surface area contributed by atoms with Gasteiger partial charge in [-0.2, -0.15) is 0 Å². The first-order valence-electron chi connectivity index (χ1n) is 6.67. The summed E-state index contributed by atoms with van der Waals surface area (Å²) >= 11 is 1.83. The monoisotopic (exact) mass is 252 g/mol. The highest BCUT2D eigenvalue weighted by Gasteiger charge is 1.96. The summed E-state index contributed by atoms with van der Waals surface area (Å²) in [6.07, 6.45) is 11.3. The van der Waals surface area contributed by atoms with Crippen LogP contribution in [0.5, 0.6) is 0 Å². The maximum Gasteiger partial charge on any atom is 0.0961 e. The van der Waals surface area contributed by atoms with E-state index in [0.717, 1.165) is 10.7 Å². The first-order chi connectivity index (χ1) is 8.33. The zero-order chi connectivity index (χ0) is 12.3. The van der Waals surface area contributed by atoms with Crippen LogP contribution in [0, 0.1) is 0 Å². The van der Waals surface area contributed by atoms with Gasteiger partial charge in [0, 0.05) is 0 Å². The first-order valence-corrected chi connectivity index (χ1v) is 7.66. The van der Waals surface area contributed by atoms with Gasteiger partial charge in [0.2, 0.25) is 0 Å². The number of anilines is 1. The molecule has 1 aromatic rings. The number of aromatic nitrogens is 1. The predicted molar refractivity (Wildman–Crippen MR) is 77.4 cm³/mol. The summed E-state index contributed by atoms with van der Waals surface area (Å²) in [5.41, 5.74) is 6.33. The van der Waals surface area contributed by atoms with Gasteiger partial charge in [-0.1, -0.05) is 45.4 Å². The van der Waals surface area contributed by atoms with Crippen LogP contribution in [-0.4, -0.2) is 10.7 Å². The van der Waals surface area contributed by atoms with Crippen LogP contribution in [0.1, 0.15) is 51.9 Å². The largest absolute Gasteiger partial charge is 0.397 e. The molecule has 0 atom stereocenters. The standard InChI is InChI=1S/C14H24N2S/c1-2-3-4-5-6-7-8-11-17-14-10-9-13(15)12-16-14/h9-10,12H,2-8,11,15H2,1H3. The topological polar surface area (TPSA) is 38.9 Å². The van der Waals surface area contributed by atoms with Crippen LogP contribution < -0.4 is 5.73 Å². The van der Waals surface area contributed by atoms with Crippen molar-refractivity contribution in [2.75, 3.05) is 11.5 Å². The minimum Gasteiger partial charge on any atom is -0.397 e. The Kier molecular flexibility index (Phi) is 7.89. The van der Waals surface area contributed by atoms with Crippen molar-refractivity contribution in [3.63, 3.8) is 0 Å². The van der Waals surface area contributed by atoms with E-state index in [-0.39, 0.29) is 0 Å². The van der Waals surface area contributed by atoms with E-state index in [2.05, 4.69) is 11.9 Å². The molecule has 0 saturated carbocycles. The van der Waals surface area contributed by atoms with Crippen LogP contribution >= 0.6 is 11.8 Å². The SMILES string of the molecule is CCCCCCCCCSc1ccc(N)cn1. The molecule has 0 aliphatic carbocycles. The Morgan fingerprint density at radius 3 is 2.41 bits per heavy atom. The fraction of sp³-hybridized carbons (Fsp3) is 0.643. The second-order valence-corrected chi connectivity index (χ2v) is 5.51. The van der Waals surface area contributed by atoms with Crippen LogP contribution in [0.4, 0.5) is 5.69 Å². The number of nitrogens with zero attached hydrogens (tertiary/aromatic N) is 1. The Bertz CT molecular complexity index is 285. The Balaban J connectivity index is 1.95. The molecule has 3 heteroatoms. The van der Waals surface area contributed by atoms with Crippen molar-refractivity contribution in [3.8, 4) is 0 Å². The normalized spacial score (nSPS) is 10.6. The van der Waals surface area contributed by atoms with Gasteiger partial charge in [0.15, 0.2) is 0 Å². The summed E-state index contributed by atoms with van der Waals surface area (Å²) in [6.45, 7) is 2.26. The molecule has 0 spiro atoms. The number of nitrogen functional groups attached to an aromatic ring is 1. The van der Waals surface area contributed by atoms with Crippen molar-refractivity contribution in [1.82, 2.24) is 4.98 Å². The maximum atomic E-state index is 5.59. The summed E-state index contributed by atoms with van der Waals surface area (Å²) in [5, 5.41) is 1.09. The molecule has 0 aromatic carbocycles. The summed E-state index contributed by atoms with van der Waals surface area (Å²) in [4.78, 5) is 4.27. The van der Waals surface area contributed by atoms with E-state index in [4.69, 9.17) is 5.73 Å². The first kappa shape index (κ1) is 14.4. The van der Waals surface area contributed by atoms with Crippen LogP contribution in [-0.2, 0) is 0 Å². The molecule has 0 saturated heterocycles. The minimum atomic E-state index is 0.741. The van der Waals surface area contributed by atoms with Crippen molar-refractivity contribution in [2.24, 2.45) is 0 Å². The van der Waals surface area contributed by atoms with Crippen molar-refractivity contribution < 1.29 is 0 Å². The summed E-state index contributed by atoms with van der Waals surface area (Å²) in [7, 11) is 0. The van der Waals surface area contributed by atoms with E-state index in [1.54, 1.807) is 6.20 Å². The maximum absolute atomic E-state index is 5.59. The van der Waals surface area contributed by atoms with E-state index < -0.39 is 0 Å². The molecule has 0 unspecified atom stereocenters. The lowest BCUT2D eigenvalue weighted by molar-refractivity contribution is 0.603. The van der Waals surface area contributed by atoms with Crippen molar-refractivity contribution in [2.45, 2.75) is 56.9 Å². The molecule has 0 aliphatic heterocycles. The Morgan fingerprint density at radius 1 is 1.06 bits per heavy atom. The molecule has 0 fully saturated rings. The van der Waals surface area contributed by atoms with E-state index in [1.807, 2.05) is 23.9 Å². The zero-order valence-electron chi connectivity index (χ0n) is 10.8. The second kappa shape index (κ2) is 9.34. The van der Waals surface area contributed by atoms with Crippen LogP contribution in [0.25, 0.3) is 0 Å². The molecular weight excluding hydrogens is 228 g/mol. The minimum absolute atomic E-state index is 0.741. The number of thioether (sulfide) groups is 1. The van der Waals surface area contributed by atoms with Crippen molar-refractivity contribution in [1.29, 1.82) is 0 Å². The highest BCUT2D eigenvalue weighted by molar-refractivity contribution is 7.99. The van der Waals surface area contributed by atoms with Gasteiger partial charge in [0.1, 0.15) is 0 Å². The van der Waals surface area contributed by atoms with Crippen molar-refractivity contribution in [3.05, 3.63) is 18.3 Å². The van der Waals surface area contributed by atoms with Gasteiger partial charge in [-0.3, -0.25) is 0 Å². The lowest BCUT2D eigenvalue weighted by atomic mass is 10.1. The third-order valence-corrected chi connectivity index (χ3v) is 3.79. The van der Waals surface area contributed by atoms with E-state index >= 15 is 0 Å². The number of hydrogen-bond donors (Lipinski definition) is 1. The number of pyridine rings is 1. The van der Waals surface area contributed by atoms with E-state index in [1.165, 1.54) is 50.7 Å². The van der Waals surface area contributed by atoms with Gasteiger partial charge in [0.05, 0.1) is 16.9 Å². The van der Waals surface area contributed by atoms with Gasteiger partial charge >= 0.3 is 0 Å². The van der Waals surface area contributed by atoms with Crippen molar-refractivity contribution >= 4 is 17.4 Å². The Labute approximate surface area is 109 Å². The Morgan fingerprint density at radius 2 is 1.76 bits per heavy atom. The number of nitrogens with two attached hydrogens (primary N) is 1. The fourth-order valence-corrected chi connectivity index (χ4v) is 2.56. The molecule has 1 aromatic heterocycles. The lowest BCUT2D eigenvalue weighted by Crippen LogP contribution is -1.88. The Hall–Kier alpha value is -0.700.